The van der Waals surface area contributed by atoms with E-state index in [-0.39, 0.29) is 5.75 Å². The van der Waals surface area contributed by atoms with Crippen LogP contribution >= 0.6 is 0 Å². The van der Waals surface area contributed by atoms with Gasteiger partial charge in [0, 0.05) is 16.6 Å². The number of hydrazone groups is 1. The van der Waals surface area contributed by atoms with Gasteiger partial charge in [0.15, 0.2) is 0 Å². The van der Waals surface area contributed by atoms with Crippen LogP contribution in [0.1, 0.15) is 21.5 Å². The molecule has 5 rings (SSSR count). The van der Waals surface area contributed by atoms with Gasteiger partial charge in [-0.1, -0.05) is 84.4 Å². The lowest BCUT2D eigenvalue weighted by molar-refractivity contribution is -0.136. The van der Waals surface area contributed by atoms with E-state index in [4.69, 9.17) is 4.74 Å². The number of fused-ring (bicyclic) bond motifs is 2. The van der Waals surface area contributed by atoms with Gasteiger partial charge in [0.1, 0.15) is 5.75 Å². The van der Waals surface area contributed by atoms with E-state index in [9.17, 15) is 14.4 Å². The number of carbonyl (C=O) groups is 3. The van der Waals surface area contributed by atoms with Crippen molar-refractivity contribution < 1.29 is 19.1 Å². The van der Waals surface area contributed by atoms with Gasteiger partial charge in [0.2, 0.25) is 0 Å². The van der Waals surface area contributed by atoms with Crippen LogP contribution in [0.5, 0.6) is 5.75 Å². The van der Waals surface area contributed by atoms with Crippen LogP contribution in [0.2, 0.25) is 0 Å². The van der Waals surface area contributed by atoms with Gasteiger partial charge < -0.3 is 10.1 Å². The Morgan fingerprint density at radius 3 is 2.13 bits per heavy atom. The molecule has 0 fully saturated rings. The monoisotopic (exact) mass is 501 g/mol. The van der Waals surface area contributed by atoms with Crippen molar-refractivity contribution in [3.05, 3.63) is 120 Å². The van der Waals surface area contributed by atoms with Crippen LogP contribution in [-0.4, -0.2) is 24.0 Å². The van der Waals surface area contributed by atoms with Crippen molar-refractivity contribution in [1.82, 2.24) is 5.43 Å². The molecule has 7 heteroatoms. The Morgan fingerprint density at radius 1 is 0.711 bits per heavy atom. The Labute approximate surface area is 218 Å². The second-order valence-electron chi connectivity index (χ2n) is 8.63. The van der Waals surface area contributed by atoms with Crippen molar-refractivity contribution >= 4 is 51.2 Å². The summed E-state index contributed by atoms with van der Waals surface area (Å²) in [6.07, 6.45) is 1.36. The number of hydrogen-bond donors (Lipinski definition) is 2. The van der Waals surface area contributed by atoms with Crippen LogP contribution in [0.25, 0.3) is 21.5 Å². The Kier molecular flexibility index (Phi) is 6.91. The first-order valence-electron chi connectivity index (χ1n) is 11.9. The molecule has 186 valence electrons. The first-order valence-corrected chi connectivity index (χ1v) is 11.9. The second kappa shape index (κ2) is 10.8. The number of carbonyl (C=O) groups excluding carboxylic acids is 3. The van der Waals surface area contributed by atoms with Gasteiger partial charge in [-0.3, -0.25) is 9.59 Å². The van der Waals surface area contributed by atoms with Crippen LogP contribution in [0.15, 0.2) is 108 Å². The smallest absolute Gasteiger partial charge is 0.343 e. The second-order valence-corrected chi connectivity index (χ2v) is 8.63. The first kappa shape index (κ1) is 24.4. The largest absolute Gasteiger partial charge is 0.422 e. The minimum Gasteiger partial charge on any atom is -0.422 e. The first-order chi connectivity index (χ1) is 18.5. The Hall–Kier alpha value is -5.30. The molecule has 0 bridgehead atoms. The number of esters is 1. The Balaban J connectivity index is 1.35. The third-order valence-corrected chi connectivity index (χ3v) is 6.02. The summed E-state index contributed by atoms with van der Waals surface area (Å²) >= 11 is 0. The zero-order valence-corrected chi connectivity index (χ0v) is 20.5. The predicted molar refractivity (Wildman–Crippen MR) is 148 cm³/mol. The summed E-state index contributed by atoms with van der Waals surface area (Å²) in [5, 5.41) is 10.0. The van der Waals surface area contributed by atoms with E-state index in [0.717, 1.165) is 27.1 Å². The molecule has 2 amide bonds. The van der Waals surface area contributed by atoms with Crippen molar-refractivity contribution in [3.63, 3.8) is 0 Å². The van der Waals surface area contributed by atoms with Crippen molar-refractivity contribution in [1.29, 1.82) is 0 Å². The average Bonchev–Trinajstić information content (AvgIpc) is 2.94. The topological polar surface area (TPSA) is 96.9 Å². The lowest BCUT2D eigenvalue weighted by Crippen LogP contribution is -2.32. The summed E-state index contributed by atoms with van der Waals surface area (Å²) < 4.78 is 5.68. The summed E-state index contributed by atoms with van der Waals surface area (Å²) in [6.45, 7) is 1.93. The quantitative estimate of drug-likeness (QED) is 0.108. The van der Waals surface area contributed by atoms with Crippen molar-refractivity contribution in [2.24, 2.45) is 5.10 Å². The van der Waals surface area contributed by atoms with E-state index in [0.29, 0.717) is 16.8 Å². The highest BCUT2D eigenvalue weighted by Crippen LogP contribution is 2.27. The van der Waals surface area contributed by atoms with Gasteiger partial charge in [-0.25, -0.2) is 10.2 Å². The maximum Gasteiger partial charge on any atom is 0.343 e. The molecule has 2 N–H and O–H groups in total. The number of nitrogens with zero attached hydrogens (tertiary/aromatic N) is 1. The van der Waals surface area contributed by atoms with Crippen LogP contribution in [0.3, 0.4) is 0 Å². The molecule has 0 saturated heterocycles. The number of aryl methyl sites for hydroxylation is 1. The summed E-state index contributed by atoms with van der Waals surface area (Å²) in [5.74, 6) is -2.05. The fourth-order valence-electron chi connectivity index (χ4n) is 4.07. The molecule has 0 heterocycles. The van der Waals surface area contributed by atoms with Crippen LogP contribution in [-0.2, 0) is 9.59 Å². The van der Waals surface area contributed by atoms with E-state index in [2.05, 4.69) is 15.8 Å². The SMILES string of the molecule is Cc1ccc(C(=O)Oc2ccc3ccccc3c2/C=N/NC(=O)C(=O)Nc2cccc3ccccc23)cc1. The molecule has 0 saturated carbocycles. The molecule has 7 nitrogen and oxygen atoms in total. The summed E-state index contributed by atoms with van der Waals surface area (Å²) in [6, 6.07) is 31.0. The zero-order chi connectivity index (χ0) is 26.5. The number of amides is 2. The van der Waals surface area contributed by atoms with Gasteiger partial charge in [-0.05, 0) is 47.3 Å². The summed E-state index contributed by atoms with van der Waals surface area (Å²) in [5.41, 5.74) is 4.70. The zero-order valence-electron chi connectivity index (χ0n) is 20.5. The van der Waals surface area contributed by atoms with Gasteiger partial charge in [-0.2, -0.15) is 5.10 Å². The molecule has 0 aliphatic heterocycles. The number of nitrogens with one attached hydrogen (secondary N) is 2. The highest BCUT2D eigenvalue weighted by molar-refractivity contribution is 6.40. The molecule has 0 spiro atoms. The Morgan fingerprint density at radius 2 is 1.37 bits per heavy atom. The molecule has 0 unspecified atom stereocenters. The molecule has 0 radical (unpaired) electrons. The lowest BCUT2D eigenvalue weighted by atomic mass is 10.0. The maximum absolute atomic E-state index is 12.8. The van der Waals surface area contributed by atoms with E-state index in [1.807, 2.05) is 79.7 Å². The fraction of sp³-hybridized carbons (Fsp3) is 0.0323. The molecular formula is C31H23N3O4. The number of anilines is 1. The van der Waals surface area contributed by atoms with Crippen LogP contribution in [0, 0.1) is 6.92 Å². The number of benzene rings is 5. The number of ether oxygens (including phenoxy) is 1. The van der Waals surface area contributed by atoms with Crippen LogP contribution < -0.4 is 15.5 Å². The molecule has 0 aliphatic carbocycles. The molecule has 0 aromatic heterocycles. The molecule has 38 heavy (non-hydrogen) atoms. The minimum atomic E-state index is -0.937. The van der Waals surface area contributed by atoms with E-state index < -0.39 is 17.8 Å². The highest BCUT2D eigenvalue weighted by Gasteiger charge is 2.16. The van der Waals surface area contributed by atoms with Crippen molar-refractivity contribution in [3.8, 4) is 5.75 Å². The summed E-state index contributed by atoms with van der Waals surface area (Å²) in [7, 11) is 0. The Bertz CT molecular complexity index is 1700. The lowest BCUT2D eigenvalue weighted by Gasteiger charge is -2.11. The number of rotatable bonds is 5. The van der Waals surface area contributed by atoms with Gasteiger partial charge in [-0.15, -0.1) is 0 Å². The van der Waals surface area contributed by atoms with Crippen LogP contribution in [0.4, 0.5) is 5.69 Å². The highest BCUT2D eigenvalue weighted by atomic mass is 16.5. The van der Waals surface area contributed by atoms with Gasteiger partial charge in [0.05, 0.1) is 11.8 Å². The molecule has 5 aromatic rings. The number of hydrogen-bond acceptors (Lipinski definition) is 5. The van der Waals surface area contributed by atoms with E-state index in [1.165, 1.54) is 6.21 Å². The third-order valence-electron chi connectivity index (χ3n) is 6.02. The average molecular weight is 502 g/mol. The van der Waals surface area contributed by atoms with Crippen molar-refractivity contribution in [2.45, 2.75) is 6.92 Å². The molecular weight excluding hydrogens is 478 g/mol. The normalized spacial score (nSPS) is 11.0. The molecule has 0 atom stereocenters. The molecule has 5 aromatic carbocycles. The third kappa shape index (κ3) is 5.27. The van der Waals surface area contributed by atoms with E-state index in [1.54, 1.807) is 30.3 Å². The predicted octanol–water partition coefficient (Wildman–Crippen LogP) is 5.61. The van der Waals surface area contributed by atoms with Gasteiger partial charge >= 0.3 is 17.8 Å². The molecule has 0 aliphatic rings. The maximum atomic E-state index is 12.8. The summed E-state index contributed by atoms with van der Waals surface area (Å²) in [4.78, 5) is 37.8. The minimum absolute atomic E-state index is 0.271. The standard InChI is InChI=1S/C31H23N3O4/c1-20-13-15-23(16-14-20)31(37)38-28-18-17-22-8-2-4-10-24(22)26(28)19-32-34-30(36)29(35)33-27-12-6-9-21-7-3-5-11-25(21)27/h2-19H,1H3,(H,33,35)(H,34,36)/b32-19+. The fourth-order valence-corrected chi connectivity index (χ4v) is 4.07. The van der Waals surface area contributed by atoms with E-state index >= 15 is 0 Å². The van der Waals surface area contributed by atoms with Crippen molar-refractivity contribution in [2.75, 3.05) is 5.32 Å². The van der Waals surface area contributed by atoms with Gasteiger partial charge in [0.25, 0.3) is 0 Å².